The van der Waals surface area contributed by atoms with Crippen molar-refractivity contribution in [1.82, 2.24) is 25.2 Å². The van der Waals surface area contributed by atoms with Crippen LogP contribution in [0.3, 0.4) is 0 Å². The Hall–Kier alpha value is -2.15. The van der Waals surface area contributed by atoms with Gasteiger partial charge in [-0.25, -0.2) is 9.50 Å². The number of rotatable bonds is 3. The number of aromatic amines is 1. The number of aryl methyl sites for hydroxylation is 2. The van der Waals surface area contributed by atoms with Crippen molar-refractivity contribution in [2.24, 2.45) is 5.41 Å². The number of aromatic nitrogens is 3. The lowest BCUT2D eigenvalue weighted by molar-refractivity contribution is -0.131. The van der Waals surface area contributed by atoms with Crippen LogP contribution in [0.25, 0.3) is 5.65 Å². The Morgan fingerprint density at radius 2 is 2.26 bits per heavy atom. The third-order valence-corrected chi connectivity index (χ3v) is 4.77. The van der Waals surface area contributed by atoms with E-state index in [-0.39, 0.29) is 16.9 Å². The summed E-state index contributed by atoms with van der Waals surface area (Å²) in [5.74, 6) is 0.0598. The summed E-state index contributed by atoms with van der Waals surface area (Å²) in [5, 5.41) is 9.05. The standard InChI is InChI=1S/C16H23N5O2/c1-10-12(11(2)21-13(19-10)7-14(22)20-21)8-18-15(23)16(3)5-4-6-17-9-16/h7,17H,4-6,8-9H2,1-3H3,(H,18,23)(H,20,22). The number of carbonyl (C=O) groups excluding carboxylic acids is 1. The summed E-state index contributed by atoms with van der Waals surface area (Å²) < 4.78 is 1.67. The number of nitrogens with zero attached hydrogens (tertiary/aromatic N) is 2. The highest BCUT2D eigenvalue weighted by atomic mass is 16.2. The Kier molecular flexibility index (Phi) is 3.97. The lowest BCUT2D eigenvalue weighted by atomic mass is 9.82. The third kappa shape index (κ3) is 2.88. The van der Waals surface area contributed by atoms with Crippen molar-refractivity contribution < 1.29 is 4.79 Å². The molecule has 1 saturated heterocycles. The molecule has 0 aliphatic carbocycles. The average Bonchev–Trinajstić information content (AvgIpc) is 2.88. The highest BCUT2D eigenvalue weighted by Gasteiger charge is 2.34. The smallest absolute Gasteiger partial charge is 0.266 e. The first kappa shape index (κ1) is 15.7. The molecule has 1 amide bonds. The van der Waals surface area contributed by atoms with Gasteiger partial charge < -0.3 is 10.6 Å². The fourth-order valence-electron chi connectivity index (χ4n) is 3.24. The Balaban J connectivity index is 1.81. The number of hydrogen-bond acceptors (Lipinski definition) is 4. The minimum Gasteiger partial charge on any atom is -0.351 e. The summed E-state index contributed by atoms with van der Waals surface area (Å²) in [6.45, 7) is 7.91. The summed E-state index contributed by atoms with van der Waals surface area (Å²) in [4.78, 5) is 28.5. The predicted molar refractivity (Wildman–Crippen MR) is 87.3 cm³/mol. The molecule has 2 aromatic rings. The van der Waals surface area contributed by atoms with Gasteiger partial charge in [-0.3, -0.25) is 14.7 Å². The van der Waals surface area contributed by atoms with Crippen molar-refractivity contribution in [1.29, 1.82) is 0 Å². The molecular weight excluding hydrogens is 294 g/mol. The maximum Gasteiger partial charge on any atom is 0.266 e. The Labute approximate surface area is 134 Å². The quantitative estimate of drug-likeness (QED) is 0.775. The fraction of sp³-hybridized carbons (Fsp3) is 0.562. The molecule has 1 aliphatic rings. The number of piperidine rings is 1. The van der Waals surface area contributed by atoms with Gasteiger partial charge in [-0.1, -0.05) is 0 Å². The van der Waals surface area contributed by atoms with E-state index >= 15 is 0 Å². The molecule has 3 rings (SSSR count). The highest BCUT2D eigenvalue weighted by Crippen LogP contribution is 2.25. The molecular formula is C16H23N5O2. The van der Waals surface area contributed by atoms with Gasteiger partial charge in [-0.05, 0) is 40.2 Å². The largest absolute Gasteiger partial charge is 0.351 e. The van der Waals surface area contributed by atoms with Crippen LogP contribution < -0.4 is 16.2 Å². The number of amides is 1. The molecule has 2 aromatic heterocycles. The fourth-order valence-corrected chi connectivity index (χ4v) is 3.24. The zero-order chi connectivity index (χ0) is 16.6. The van der Waals surface area contributed by atoms with Crippen LogP contribution in [0.4, 0.5) is 0 Å². The molecule has 1 fully saturated rings. The summed E-state index contributed by atoms with van der Waals surface area (Å²) >= 11 is 0. The van der Waals surface area contributed by atoms with Crippen molar-refractivity contribution >= 4 is 11.6 Å². The van der Waals surface area contributed by atoms with E-state index in [9.17, 15) is 9.59 Å². The number of fused-ring (bicyclic) bond motifs is 1. The van der Waals surface area contributed by atoms with Gasteiger partial charge in [0.2, 0.25) is 5.91 Å². The van der Waals surface area contributed by atoms with E-state index in [4.69, 9.17) is 0 Å². The van der Waals surface area contributed by atoms with E-state index in [1.807, 2.05) is 20.8 Å². The second-order valence-electron chi connectivity index (χ2n) is 6.60. The van der Waals surface area contributed by atoms with Gasteiger partial charge in [-0.2, -0.15) is 0 Å². The SMILES string of the molecule is Cc1nc2cc(=O)[nH]n2c(C)c1CNC(=O)C1(C)CCCNC1. The zero-order valence-electron chi connectivity index (χ0n) is 13.8. The van der Waals surface area contributed by atoms with Crippen LogP contribution in [0.5, 0.6) is 0 Å². The molecule has 7 nitrogen and oxygen atoms in total. The van der Waals surface area contributed by atoms with Crippen LogP contribution in [0.15, 0.2) is 10.9 Å². The van der Waals surface area contributed by atoms with Crippen LogP contribution in [0.2, 0.25) is 0 Å². The van der Waals surface area contributed by atoms with E-state index in [0.717, 1.165) is 36.3 Å². The molecule has 23 heavy (non-hydrogen) atoms. The van der Waals surface area contributed by atoms with Gasteiger partial charge in [-0.15, -0.1) is 0 Å². The van der Waals surface area contributed by atoms with Gasteiger partial charge in [0, 0.05) is 36.1 Å². The molecule has 0 saturated carbocycles. The van der Waals surface area contributed by atoms with E-state index in [2.05, 4.69) is 20.7 Å². The third-order valence-electron chi connectivity index (χ3n) is 4.77. The maximum absolute atomic E-state index is 12.5. The van der Waals surface area contributed by atoms with Crippen LogP contribution in [-0.2, 0) is 11.3 Å². The minimum absolute atomic E-state index is 0.0598. The lowest BCUT2D eigenvalue weighted by Gasteiger charge is -2.32. The number of nitrogens with one attached hydrogen (secondary N) is 3. The first-order valence-electron chi connectivity index (χ1n) is 7.97. The Morgan fingerprint density at radius 3 is 2.96 bits per heavy atom. The molecule has 1 aliphatic heterocycles. The van der Waals surface area contributed by atoms with E-state index < -0.39 is 0 Å². The molecule has 0 aromatic carbocycles. The van der Waals surface area contributed by atoms with Crippen LogP contribution in [0.1, 0.15) is 36.7 Å². The molecule has 124 valence electrons. The number of carbonyl (C=O) groups is 1. The molecule has 0 spiro atoms. The first-order valence-corrected chi connectivity index (χ1v) is 7.97. The van der Waals surface area contributed by atoms with Gasteiger partial charge in [0.05, 0.1) is 5.41 Å². The molecule has 7 heteroatoms. The molecule has 1 unspecified atom stereocenters. The molecule has 0 radical (unpaired) electrons. The van der Waals surface area contributed by atoms with Crippen molar-refractivity contribution in [2.75, 3.05) is 13.1 Å². The van der Waals surface area contributed by atoms with Crippen molar-refractivity contribution in [2.45, 2.75) is 40.2 Å². The van der Waals surface area contributed by atoms with Crippen molar-refractivity contribution in [3.63, 3.8) is 0 Å². The summed E-state index contributed by atoms with van der Waals surface area (Å²) in [6.07, 6.45) is 1.91. The highest BCUT2D eigenvalue weighted by molar-refractivity contribution is 5.82. The molecule has 3 N–H and O–H groups in total. The Morgan fingerprint density at radius 1 is 1.48 bits per heavy atom. The monoisotopic (exact) mass is 317 g/mol. The summed E-state index contributed by atoms with van der Waals surface area (Å²) in [5.41, 5.74) is 2.71. The average molecular weight is 317 g/mol. The number of hydrogen-bond donors (Lipinski definition) is 3. The Bertz CT molecular complexity index is 799. The van der Waals surface area contributed by atoms with Gasteiger partial charge in [0.15, 0.2) is 5.65 Å². The van der Waals surface area contributed by atoms with Gasteiger partial charge in [0.25, 0.3) is 5.56 Å². The van der Waals surface area contributed by atoms with Crippen LogP contribution >= 0.6 is 0 Å². The summed E-state index contributed by atoms with van der Waals surface area (Å²) in [6, 6.07) is 1.47. The zero-order valence-corrected chi connectivity index (χ0v) is 13.8. The second-order valence-corrected chi connectivity index (χ2v) is 6.60. The van der Waals surface area contributed by atoms with Crippen molar-refractivity contribution in [3.8, 4) is 0 Å². The van der Waals surface area contributed by atoms with Crippen LogP contribution in [0, 0.1) is 19.3 Å². The van der Waals surface area contributed by atoms with E-state index in [0.29, 0.717) is 18.7 Å². The van der Waals surface area contributed by atoms with Gasteiger partial charge in [0.1, 0.15) is 0 Å². The minimum atomic E-state index is -0.362. The van der Waals surface area contributed by atoms with E-state index in [1.54, 1.807) is 4.52 Å². The lowest BCUT2D eigenvalue weighted by Crippen LogP contribution is -2.48. The predicted octanol–water partition coefficient (Wildman–Crippen LogP) is 0.645. The summed E-state index contributed by atoms with van der Waals surface area (Å²) in [7, 11) is 0. The normalized spacial score (nSPS) is 21.5. The van der Waals surface area contributed by atoms with Gasteiger partial charge >= 0.3 is 0 Å². The topological polar surface area (TPSA) is 91.3 Å². The molecule has 3 heterocycles. The first-order chi connectivity index (χ1) is 10.9. The van der Waals surface area contributed by atoms with E-state index in [1.165, 1.54) is 6.07 Å². The molecule has 1 atom stereocenters. The molecule has 0 bridgehead atoms. The second kappa shape index (κ2) is 5.81. The maximum atomic E-state index is 12.5. The van der Waals surface area contributed by atoms with Crippen LogP contribution in [-0.4, -0.2) is 33.6 Å². The van der Waals surface area contributed by atoms with Crippen molar-refractivity contribution in [3.05, 3.63) is 33.4 Å². The number of H-pyrrole nitrogens is 1.